The molecule has 2 nitrogen and oxygen atoms in total. The molecule has 1 aliphatic rings. The summed E-state index contributed by atoms with van der Waals surface area (Å²) < 4.78 is 11.5. The van der Waals surface area contributed by atoms with Gasteiger partial charge in [-0.3, -0.25) is 0 Å². The highest BCUT2D eigenvalue weighted by Crippen LogP contribution is 2.31. The van der Waals surface area contributed by atoms with Crippen LogP contribution in [0.15, 0.2) is 0 Å². The third-order valence-electron chi connectivity index (χ3n) is 3.16. The van der Waals surface area contributed by atoms with Gasteiger partial charge in [-0.1, -0.05) is 33.6 Å². The van der Waals surface area contributed by atoms with Crippen LogP contribution in [-0.2, 0) is 9.47 Å². The van der Waals surface area contributed by atoms with Crippen LogP contribution in [0.4, 0.5) is 0 Å². The van der Waals surface area contributed by atoms with E-state index in [1.807, 2.05) is 0 Å². The molecule has 1 aliphatic heterocycles. The molecule has 0 aliphatic carbocycles. The second kappa shape index (κ2) is 5.72. The Hall–Kier alpha value is -0.0800. The molecule has 1 atom stereocenters. The largest absolute Gasteiger partial charge is 0.348 e. The van der Waals surface area contributed by atoms with Crippen molar-refractivity contribution in [3.8, 4) is 0 Å². The van der Waals surface area contributed by atoms with Crippen molar-refractivity contribution in [2.45, 2.75) is 58.7 Å². The molecule has 0 N–H and O–H groups in total. The molecular weight excluding hydrogens is 176 g/mol. The van der Waals surface area contributed by atoms with Gasteiger partial charge in [0, 0.05) is 12.8 Å². The highest BCUT2D eigenvalue weighted by molar-refractivity contribution is 4.74. The van der Waals surface area contributed by atoms with Crippen molar-refractivity contribution in [3.05, 3.63) is 0 Å². The average molecular weight is 200 g/mol. The Morgan fingerprint density at radius 3 is 2.29 bits per heavy atom. The first kappa shape index (κ1) is 12.0. The van der Waals surface area contributed by atoms with Gasteiger partial charge in [0.15, 0.2) is 5.79 Å². The first-order chi connectivity index (χ1) is 6.72. The van der Waals surface area contributed by atoms with E-state index in [1.165, 1.54) is 12.8 Å². The zero-order valence-corrected chi connectivity index (χ0v) is 9.84. The highest BCUT2D eigenvalue weighted by Gasteiger charge is 2.35. The van der Waals surface area contributed by atoms with E-state index in [2.05, 4.69) is 20.8 Å². The fourth-order valence-corrected chi connectivity index (χ4v) is 1.96. The maximum atomic E-state index is 5.75. The first-order valence-electron chi connectivity index (χ1n) is 6.00. The normalized spacial score (nSPS) is 22.5. The summed E-state index contributed by atoms with van der Waals surface area (Å²) in [5, 5.41) is 0. The molecule has 1 heterocycles. The molecule has 2 heteroatoms. The Morgan fingerprint density at radius 1 is 1.14 bits per heavy atom. The maximum Gasteiger partial charge on any atom is 0.168 e. The lowest BCUT2D eigenvalue weighted by molar-refractivity contribution is -0.169. The topological polar surface area (TPSA) is 18.5 Å². The minimum absolute atomic E-state index is 0.224. The monoisotopic (exact) mass is 200 g/mol. The van der Waals surface area contributed by atoms with E-state index in [-0.39, 0.29) is 5.79 Å². The first-order valence-corrected chi connectivity index (χ1v) is 6.00. The van der Waals surface area contributed by atoms with Gasteiger partial charge in [-0.05, 0) is 12.3 Å². The van der Waals surface area contributed by atoms with Gasteiger partial charge in [0.05, 0.1) is 13.2 Å². The van der Waals surface area contributed by atoms with E-state index in [0.717, 1.165) is 38.4 Å². The van der Waals surface area contributed by atoms with E-state index < -0.39 is 0 Å². The Labute approximate surface area is 88.0 Å². The van der Waals surface area contributed by atoms with Crippen LogP contribution in [0.3, 0.4) is 0 Å². The van der Waals surface area contributed by atoms with Crippen LogP contribution in [0.5, 0.6) is 0 Å². The summed E-state index contributed by atoms with van der Waals surface area (Å²) in [5.74, 6) is 0.564. The Kier molecular flexibility index (Phi) is 4.90. The van der Waals surface area contributed by atoms with E-state index >= 15 is 0 Å². The van der Waals surface area contributed by atoms with Crippen LogP contribution >= 0.6 is 0 Å². The molecule has 0 aromatic heterocycles. The Bertz CT molecular complexity index is 150. The van der Waals surface area contributed by atoms with Crippen molar-refractivity contribution < 1.29 is 9.47 Å². The molecule has 0 saturated carbocycles. The highest BCUT2D eigenvalue weighted by atomic mass is 16.7. The van der Waals surface area contributed by atoms with Crippen LogP contribution in [0.2, 0.25) is 0 Å². The minimum Gasteiger partial charge on any atom is -0.348 e. The minimum atomic E-state index is -0.224. The van der Waals surface area contributed by atoms with Gasteiger partial charge in [0.25, 0.3) is 0 Å². The summed E-state index contributed by atoms with van der Waals surface area (Å²) in [6.45, 7) is 8.29. The fourth-order valence-electron chi connectivity index (χ4n) is 1.96. The smallest absolute Gasteiger partial charge is 0.168 e. The summed E-state index contributed by atoms with van der Waals surface area (Å²) in [7, 11) is 0. The number of hydrogen-bond donors (Lipinski definition) is 0. The molecule has 1 fully saturated rings. The van der Waals surface area contributed by atoms with E-state index in [0.29, 0.717) is 0 Å². The van der Waals surface area contributed by atoms with Gasteiger partial charge >= 0.3 is 0 Å². The number of ether oxygens (including phenoxy) is 2. The molecule has 1 rings (SSSR count). The van der Waals surface area contributed by atoms with Crippen LogP contribution < -0.4 is 0 Å². The average Bonchev–Trinajstić information content (AvgIpc) is 2.64. The molecule has 0 aromatic rings. The second-order valence-electron chi connectivity index (χ2n) is 4.41. The van der Waals surface area contributed by atoms with Crippen molar-refractivity contribution in [1.82, 2.24) is 0 Å². The molecule has 1 unspecified atom stereocenters. The lowest BCUT2D eigenvalue weighted by Crippen LogP contribution is -2.30. The van der Waals surface area contributed by atoms with Crippen LogP contribution in [0.1, 0.15) is 52.9 Å². The molecule has 0 aromatic carbocycles. The SMILES string of the molecule is CCCC1(CCC(C)CC)OCCO1. The van der Waals surface area contributed by atoms with E-state index in [1.54, 1.807) is 0 Å². The van der Waals surface area contributed by atoms with Gasteiger partial charge < -0.3 is 9.47 Å². The van der Waals surface area contributed by atoms with Gasteiger partial charge in [-0.2, -0.15) is 0 Å². The van der Waals surface area contributed by atoms with E-state index in [4.69, 9.17) is 9.47 Å². The summed E-state index contributed by atoms with van der Waals surface area (Å²) in [4.78, 5) is 0. The maximum absolute atomic E-state index is 5.75. The summed E-state index contributed by atoms with van der Waals surface area (Å²) in [6, 6.07) is 0. The summed E-state index contributed by atoms with van der Waals surface area (Å²) in [5.41, 5.74) is 0. The Morgan fingerprint density at radius 2 is 1.79 bits per heavy atom. The van der Waals surface area contributed by atoms with Crippen molar-refractivity contribution in [3.63, 3.8) is 0 Å². The molecule has 1 saturated heterocycles. The summed E-state index contributed by atoms with van der Waals surface area (Å²) >= 11 is 0. The summed E-state index contributed by atoms with van der Waals surface area (Å²) in [6.07, 6.45) is 5.72. The third kappa shape index (κ3) is 3.25. The van der Waals surface area contributed by atoms with Crippen LogP contribution in [0, 0.1) is 5.92 Å². The van der Waals surface area contributed by atoms with Gasteiger partial charge in [0.2, 0.25) is 0 Å². The molecule has 84 valence electrons. The van der Waals surface area contributed by atoms with Crippen molar-refractivity contribution in [2.75, 3.05) is 13.2 Å². The Balaban J connectivity index is 2.35. The lowest BCUT2D eigenvalue weighted by Gasteiger charge is -2.28. The lowest BCUT2D eigenvalue weighted by atomic mass is 9.96. The molecule has 14 heavy (non-hydrogen) atoms. The number of hydrogen-bond acceptors (Lipinski definition) is 2. The molecule has 0 spiro atoms. The second-order valence-corrected chi connectivity index (χ2v) is 4.41. The van der Waals surface area contributed by atoms with Crippen molar-refractivity contribution in [2.24, 2.45) is 5.92 Å². The van der Waals surface area contributed by atoms with Crippen molar-refractivity contribution in [1.29, 1.82) is 0 Å². The zero-order valence-electron chi connectivity index (χ0n) is 9.84. The predicted molar refractivity (Wildman–Crippen MR) is 58.2 cm³/mol. The molecule has 0 radical (unpaired) electrons. The van der Waals surface area contributed by atoms with Crippen molar-refractivity contribution >= 4 is 0 Å². The fraction of sp³-hybridized carbons (Fsp3) is 1.00. The predicted octanol–water partition coefficient (Wildman–Crippen LogP) is 3.36. The van der Waals surface area contributed by atoms with Gasteiger partial charge in [-0.25, -0.2) is 0 Å². The third-order valence-corrected chi connectivity index (χ3v) is 3.16. The van der Waals surface area contributed by atoms with Gasteiger partial charge in [0.1, 0.15) is 0 Å². The molecule has 0 bridgehead atoms. The quantitative estimate of drug-likeness (QED) is 0.654. The van der Waals surface area contributed by atoms with Crippen LogP contribution in [-0.4, -0.2) is 19.0 Å². The molecular formula is C12H24O2. The van der Waals surface area contributed by atoms with Gasteiger partial charge in [-0.15, -0.1) is 0 Å². The zero-order chi connectivity index (χ0) is 10.4. The standard InChI is InChI=1S/C12H24O2/c1-4-7-12(13-9-10-14-12)8-6-11(3)5-2/h11H,4-10H2,1-3H3. The van der Waals surface area contributed by atoms with E-state index in [9.17, 15) is 0 Å². The molecule has 0 amide bonds. The number of rotatable bonds is 6. The van der Waals surface area contributed by atoms with Crippen LogP contribution in [0.25, 0.3) is 0 Å².